The molecule has 3 N–H and O–H groups in total. The van der Waals surface area contributed by atoms with Gasteiger partial charge in [0.25, 0.3) is 5.91 Å². The molecule has 2 bridgehead atoms. The molecule has 306 valence electrons. The van der Waals surface area contributed by atoms with Gasteiger partial charge in [0.15, 0.2) is 0 Å². The Hall–Kier alpha value is -4.35. The molecule has 15 nitrogen and oxygen atoms in total. The number of alkyl halides is 2. The van der Waals surface area contributed by atoms with Gasteiger partial charge in [0.2, 0.25) is 34.1 Å². The Morgan fingerprint density at radius 1 is 1.05 bits per heavy atom. The highest BCUT2D eigenvalue weighted by Crippen LogP contribution is 2.49. The largest absolute Gasteiger partial charge is 0.497 e. The first-order valence-corrected chi connectivity index (χ1v) is 21.1. The lowest BCUT2D eigenvalue weighted by Crippen LogP contribution is -2.59. The van der Waals surface area contributed by atoms with E-state index in [1.165, 1.54) is 18.9 Å². The van der Waals surface area contributed by atoms with Crippen LogP contribution in [0.5, 0.6) is 11.6 Å². The van der Waals surface area contributed by atoms with Crippen molar-refractivity contribution in [2.24, 2.45) is 17.8 Å². The lowest BCUT2D eigenvalue weighted by atomic mass is 9.94. The molecule has 4 fully saturated rings. The maximum absolute atomic E-state index is 14.4. The number of aryl methyl sites for hydroxylation is 1. The minimum atomic E-state index is -4.22. The zero-order chi connectivity index (χ0) is 40.0. The SMILES string of the molecule is CC[C@@H]1[C@@H]2CN(C(=O)CNC(=O)O[C@H]3CCC[C@H]3CCCCCc3nc4ccc(OC)cc4nc3O2)[C@@H]1C(=O)N[C@]1(C(=O)NS(=O)(=O)C2(C)CC2)C[C@H]1C(F)F. The summed E-state index contributed by atoms with van der Waals surface area (Å²) in [5, 5.41) is 5.00. The highest BCUT2D eigenvalue weighted by molar-refractivity contribution is 7.91. The summed E-state index contributed by atoms with van der Waals surface area (Å²) in [5.74, 6) is -4.29. The van der Waals surface area contributed by atoms with Gasteiger partial charge in [-0.2, -0.15) is 0 Å². The summed E-state index contributed by atoms with van der Waals surface area (Å²) in [7, 11) is -2.69. The summed E-state index contributed by atoms with van der Waals surface area (Å²) in [5.41, 5.74) is -0.498. The molecule has 2 aromatic rings. The Bertz CT molecular complexity index is 1980. The number of alkyl carbamates (subject to hydrolysis) is 1. The average molecular weight is 805 g/mol. The minimum Gasteiger partial charge on any atom is -0.497 e. The van der Waals surface area contributed by atoms with Gasteiger partial charge in [-0.25, -0.2) is 32.0 Å². The first kappa shape index (κ1) is 39.9. The molecule has 0 radical (unpaired) electrons. The summed E-state index contributed by atoms with van der Waals surface area (Å²) in [6.45, 7) is 2.54. The molecule has 18 heteroatoms. The zero-order valence-electron chi connectivity index (χ0n) is 31.9. The summed E-state index contributed by atoms with van der Waals surface area (Å²) in [6, 6.07) is 3.96. The van der Waals surface area contributed by atoms with E-state index >= 15 is 0 Å². The number of rotatable bonds is 8. The second-order valence-electron chi connectivity index (χ2n) is 16.1. The van der Waals surface area contributed by atoms with E-state index < -0.39 is 87.5 Å². The van der Waals surface area contributed by atoms with Gasteiger partial charge in [0.05, 0.1) is 35.4 Å². The highest BCUT2D eigenvalue weighted by atomic mass is 32.2. The third-order valence-electron chi connectivity index (χ3n) is 12.4. The molecule has 3 aliphatic carbocycles. The topological polar surface area (TPSA) is 195 Å². The van der Waals surface area contributed by atoms with Crippen LogP contribution in [0.1, 0.15) is 90.2 Å². The minimum absolute atomic E-state index is 0.154. The Labute approximate surface area is 324 Å². The molecule has 7 atom stereocenters. The molecule has 3 saturated carbocycles. The molecule has 0 spiro atoms. The van der Waals surface area contributed by atoms with Crippen LogP contribution in [0.25, 0.3) is 11.0 Å². The van der Waals surface area contributed by atoms with Crippen LogP contribution < -0.4 is 24.8 Å². The smallest absolute Gasteiger partial charge is 0.407 e. The number of hydrogen-bond donors (Lipinski definition) is 3. The number of ether oxygens (including phenoxy) is 3. The first-order valence-electron chi connectivity index (χ1n) is 19.6. The molecule has 1 saturated heterocycles. The lowest BCUT2D eigenvalue weighted by Gasteiger charge is -2.29. The highest BCUT2D eigenvalue weighted by Gasteiger charge is 2.67. The first-order chi connectivity index (χ1) is 26.7. The van der Waals surface area contributed by atoms with Gasteiger partial charge in [-0.05, 0) is 89.2 Å². The fourth-order valence-corrected chi connectivity index (χ4v) is 9.90. The molecule has 7 rings (SSSR count). The van der Waals surface area contributed by atoms with E-state index in [-0.39, 0.29) is 30.9 Å². The van der Waals surface area contributed by atoms with Gasteiger partial charge in [-0.15, -0.1) is 0 Å². The Morgan fingerprint density at radius 2 is 1.82 bits per heavy atom. The molecule has 2 aliphatic heterocycles. The van der Waals surface area contributed by atoms with Crippen LogP contribution in [0.3, 0.4) is 0 Å². The van der Waals surface area contributed by atoms with Crippen LogP contribution in [-0.2, 0) is 35.6 Å². The standard InChI is InChI=1S/C38H50F2N6O9S/c1-4-23-29-20-46(31(23)33(48)44-38(18-24(38)32(39)40)35(49)45-56(51,52)37(2)15-16-37)30(47)19-41-36(50)55-28-12-8-10-21(28)9-6-5-7-11-26-34(54-29)43-27-17-22(53-3)13-14-25(27)42-26/h13-14,17,21,23-24,28-29,31-32H,4-12,15-16,18-20H2,1-3H3,(H,41,50)(H,44,48)(H,45,49)/t21-,23-,24+,28+,29+,31+,38-/m1/s1. The quantitative estimate of drug-likeness (QED) is 0.352. The Kier molecular flexibility index (Phi) is 11.1. The van der Waals surface area contributed by atoms with Crippen molar-refractivity contribution in [2.75, 3.05) is 20.2 Å². The van der Waals surface area contributed by atoms with Crippen molar-refractivity contribution in [2.45, 2.75) is 126 Å². The van der Waals surface area contributed by atoms with Gasteiger partial charge in [0.1, 0.15) is 41.8 Å². The number of hydrogen-bond acceptors (Lipinski definition) is 11. The molecule has 5 aliphatic rings. The van der Waals surface area contributed by atoms with Crippen molar-refractivity contribution in [3.05, 3.63) is 23.9 Å². The van der Waals surface area contributed by atoms with Gasteiger partial charge in [-0.1, -0.05) is 19.8 Å². The van der Waals surface area contributed by atoms with Crippen LogP contribution in [0.15, 0.2) is 18.2 Å². The third-order valence-corrected chi connectivity index (χ3v) is 14.6. The van der Waals surface area contributed by atoms with Crippen molar-refractivity contribution in [1.29, 1.82) is 0 Å². The monoisotopic (exact) mass is 804 g/mol. The summed E-state index contributed by atoms with van der Waals surface area (Å²) < 4.78 is 72.9. The van der Waals surface area contributed by atoms with Gasteiger partial charge in [0, 0.05) is 12.0 Å². The van der Waals surface area contributed by atoms with Crippen molar-refractivity contribution in [3.8, 4) is 11.6 Å². The Balaban J connectivity index is 1.21. The number of nitrogens with one attached hydrogen (secondary N) is 3. The van der Waals surface area contributed by atoms with E-state index in [9.17, 15) is 36.4 Å². The molecular formula is C38H50F2N6O9S. The van der Waals surface area contributed by atoms with Crippen molar-refractivity contribution < 1.29 is 50.6 Å². The fraction of sp³-hybridized carbons (Fsp3) is 0.684. The van der Waals surface area contributed by atoms with E-state index in [0.29, 0.717) is 48.2 Å². The van der Waals surface area contributed by atoms with E-state index in [1.54, 1.807) is 25.1 Å². The van der Waals surface area contributed by atoms with Crippen molar-refractivity contribution in [1.82, 2.24) is 30.2 Å². The van der Waals surface area contributed by atoms with Crippen LogP contribution in [-0.4, -0.2) is 102 Å². The number of aromatic nitrogens is 2. The molecule has 1 aromatic carbocycles. The summed E-state index contributed by atoms with van der Waals surface area (Å²) in [6.07, 6.45) is 1.95. The fourth-order valence-electron chi connectivity index (χ4n) is 8.58. The van der Waals surface area contributed by atoms with Crippen LogP contribution in [0.4, 0.5) is 13.6 Å². The molecule has 0 unspecified atom stereocenters. The number of fused-ring (bicyclic) bond motifs is 5. The van der Waals surface area contributed by atoms with E-state index in [4.69, 9.17) is 24.2 Å². The maximum Gasteiger partial charge on any atom is 0.407 e. The number of carbonyl (C=O) groups is 4. The maximum atomic E-state index is 14.4. The van der Waals surface area contributed by atoms with Gasteiger partial charge >= 0.3 is 6.09 Å². The molecule has 56 heavy (non-hydrogen) atoms. The predicted octanol–water partition coefficient (Wildman–Crippen LogP) is 3.77. The molecule has 1 aromatic heterocycles. The Morgan fingerprint density at radius 3 is 2.52 bits per heavy atom. The second-order valence-corrected chi connectivity index (χ2v) is 18.3. The number of benzene rings is 1. The average Bonchev–Trinajstić information content (AvgIpc) is 4.01. The third kappa shape index (κ3) is 7.81. The van der Waals surface area contributed by atoms with Gasteiger partial charge in [-0.3, -0.25) is 19.1 Å². The van der Waals surface area contributed by atoms with Gasteiger partial charge < -0.3 is 29.7 Å². The molecular weight excluding hydrogens is 755 g/mol. The lowest BCUT2D eigenvalue weighted by molar-refractivity contribution is -0.140. The van der Waals surface area contributed by atoms with Crippen molar-refractivity contribution in [3.63, 3.8) is 0 Å². The van der Waals surface area contributed by atoms with Crippen LogP contribution in [0, 0.1) is 17.8 Å². The number of nitrogens with zero attached hydrogens (tertiary/aromatic N) is 3. The van der Waals surface area contributed by atoms with E-state index in [2.05, 4.69) is 10.6 Å². The van der Waals surface area contributed by atoms with E-state index in [0.717, 1.165) is 38.5 Å². The molecule has 3 heterocycles. The number of methoxy groups -OCH3 is 1. The second kappa shape index (κ2) is 15.5. The number of amides is 4. The number of halogens is 2. The summed E-state index contributed by atoms with van der Waals surface area (Å²) in [4.78, 5) is 65.9. The zero-order valence-corrected chi connectivity index (χ0v) is 32.7. The summed E-state index contributed by atoms with van der Waals surface area (Å²) >= 11 is 0. The normalized spacial score (nSPS) is 30.5. The van der Waals surface area contributed by atoms with Crippen LogP contribution >= 0.6 is 0 Å². The number of carbonyl (C=O) groups excluding carboxylic acids is 4. The van der Waals surface area contributed by atoms with E-state index in [1.807, 2.05) is 4.72 Å². The van der Waals surface area contributed by atoms with Crippen molar-refractivity contribution >= 4 is 44.9 Å². The number of sulfonamides is 1. The predicted molar refractivity (Wildman–Crippen MR) is 197 cm³/mol. The molecule has 4 amide bonds. The van der Waals surface area contributed by atoms with Crippen LogP contribution in [0.2, 0.25) is 0 Å².